The van der Waals surface area contributed by atoms with E-state index in [-0.39, 0.29) is 17.3 Å². The van der Waals surface area contributed by atoms with Crippen LogP contribution >= 0.6 is 11.3 Å². The number of fused-ring (bicyclic) bond motifs is 3. The molecule has 0 radical (unpaired) electrons. The average molecular weight is 380 g/mol. The second-order valence-electron chi connectivity index (χ2n) is 7.30. The van der Waals surface area contributed by atoms with Crippen LogP contribution in [0.4, 0.5) is 4.39 Å². The molecule has 0 aliphatic rings. The Balaban J connectivity index is 2.09. The minimum absolute atomic E-state index is 0.0660. The van der Waals surface area contributed by atoms with Crippen LogP contribution < -0.4 is 5.56 Å². The highest BCUT2D eigenvalue weighted by molar-refractivity contribution is 7.17. The lowest BCUT2D eigenvalue weighted by Crippen LogP contribution is -2.06. The highest BCUT2D eigenvalue weighted by Gasteiger charge is 2.17. The Hall–Kier alpha value is -2.46. The van der Waals surface area contributed by atoms with Crippen LogP contribution in [0.5, 0.6) is 0 Å². The van der Waals surface area contributed by atoms with Gasteiger partial charge < -0.3 is 4.98 Å². The van der Waals surface area contributed by atoms with Crippen molar-refractivity contribution in [2.75, 3.05) is 0 Å². The van der Waals surface area contributed by atoms with Gasteiger partial charge in [-0.2, -0.15) is 0 Å². The maximum atomic E-state index is 14.8. The van der Waals surface area contributed by atoms with Crippen molar-refractivity contribution in [3.63, 3.8) is 0 Å². The number of hydrogen-bond donors (Lipinski definition) is 1. The summed E-state index contributed by atoms with van der Waals surface area (Å²) in [4.78, 5) is 15.5. The molecule has 2 aromatic heterocycles. The lowest BCUT2D eigenvalue weighted by molar-refractivity contribution is 0.584. The van der Waals surface area contributed by atoms with Gasteiger partial charge in [-0.1, -0.05) is 32.0 Å². The zero-order valence-corrected chi connectivity index (χ0v) is 16.8. The van der Waals surface area contributed by atoms with Gasteiger partial charge in [-0.25, -0.2) is 4.39 Å². The first-order valence-corrected chi connectivity index (χ1v) is 10.1. The van der Waals surface area contributed by atoms with E-state index < -0.39 is 0 Å². The number of pyridine rings is 1. The number of halogens is 1. The molecule has 27 heavy (non-hydrogen) atoms. The normalized spacial score (nSPS) is 12.8. The lowest BCUT2D eigenvalue weighted by atomic mass is 9.90. The van der Waals surface area contributed by atoms with E-state index >= 15 is 0 Å². The van der Waals surface area contributed by atoms with Gasteiger partial charge in [0.1, 0.15) is 10.5 Å². The second-order valence-corrected chi connectivity index (χ2v) is 8.21. The Labute approximate surface area is 161 Å². The number of rotatable bonds is 3. The summed E-state index contributed by atoms with van der Waals surface area (Å²) in [5.74, 6) is 0.0239. The summed E-state index contributed by atoms with van der Waals surface area (Å²) in [5, 5.41) is 3.87. The minimum Gasteiger partial charge on any atom is -0.320 e. The van der Waals surface area contributed by atoms with Crippen molar-refractivity contribution in [2.45, 2.75) is 40.0 Å². The molecule has 2 nitrogen and oxygen atoms in total. The SMILES string of the molecule is CCC(C)c1ccc(-c2c(C)cc(C)c3[nH]c(=O)c4sccc4c23)cc1F. The van der Waals surface area contributed by atoms with Crippen molar-refractivity contribution in [1.82, 2.24) is 4.98 Å². The Bertz CT molecular complexity index is 1230. The van der Waals surface area contributed by atoms with E-state index in [1.54, 1.807) is 6.07 Å². The molecule has 1 unspecified atom stereocenters. The second kappa shape index (κ2) is 6.61. The van der Waals surface area contributed by atoms with Crippen molar-refractivity contribution < 1.29 is 4.39 Å². The number of nitrogens with one attached hydrogen (secondary N) is 1. The van der Waals surface area contributed by atoms with Crippen molar-refractivity contribution in [2.24, 2.45) is 0 Å². The molecule has 0 aliphatic heterocycles. The summed E-state index contributed by atoms with van der Waals surface area (Å²) in [6.45, 7) is 8.16. The number of aromatic amines is 1. The molecule has 2 aromatic carbocycles. The third-order valence-corrected chi connectivity index (χ3v) is 6.45. The molecule has 0 saturated heterocycles. The molecule has 0 amide bonds. The molecule has 4 aromatic rings. The van der Waals surface area contributed by atoms with Gasteiger partial charge in [0.2, 0.25) is 0 Å². The van der Waals surface area contributed by atoms with Crippen LogP contribution in [0.2, 0.25) is 0 Å². The summed E-state index contributed by atoms with van der Waals surface area (Å²) < 4.78 is 15.6. The fourth-order valence-electron chi connectivity index (χ4n) is 3.95. The molecule has 0 fully saturated rings. The van der Waals surface area contributed by atoms with Crippen LogP contribution in [-0.4, -0.2) is 4.98 Å². The smallest absolute Gasteiger partial charge is 0.266 e. The fraction of sp³-hybridized carbons (Fsp3) is 0.261. The number of benzene rings is 2. The third-order valence-electron chi connectivity index (χ3n) is 5.53. The zero-order valence-electron chi connectivity index (χ0n) is 15.9. The van der Waals surface area contributed by atoms with Crippen LogP contribution in [0.3, 0.4) is 0 Å². The number of hydrogen-bond acceptors (Lipinski definition) is 2. The van der Waals surface area contributed by atoms with Crippen LogP contribution in [0.15, 0.2) is 40.5 Å². The first kappa shape index (κ1) is 17.9. The minimum atomic E-state index is -0.166. The number of aromatic nitrogens is 1. The maximum Gasteiger partial charge on any atom is 0.266 e. The summed E-state index contributed by atoms with van der Waals surface area (Å²) in [6.07, 6.45) is 0.902. The quantitative estimate of drug-likeness (QED) is 0.423. The first-order valence-electron chi connectivity index (χ1n) is 9.25. The van der Waals surface area contributed by atoms with Crippen LogP contribution in [0.25, 0.3) is 32.1 Å². The molecule has 0 aliphatic carbocycles. The highest BCUT2D eigenvalue weighted by atomic mass is 32.1. The largest absolute Gasteiger partial charge is 0.320 e. The first-order chi connectivity index (χ1) is 12.9. The van der Waals surface area contributed by atoms with E-state index in [0.29, 0.717) is 4.70 Å². The number of H-pyrrole nitrogens is 1. The van der Waals surface area contributed by atoms with E-state index in [1.807, 2.05) is 44.4 Å². The Kier molecular flexibility index (Phi) is 4.39. The van der Waals surface area contributed by atoms with Crippen LogP contribution in [-0.2, 0) is 0 Å². The van der Waals surface area contributed by atoms with Crippen LogP contribution in [0.1, 0.15) is 42.9 Å². The standard InChI is InChI=1S/C23H22FNOS/c1-5-12(2)16-7-6-15(11-18(16)24)19-13(3)10-14(4)21-20(19)17-8-9-27-22(17)23(26)25-21/h6-12H,5H2,1-4H3,(H,25,26). The van der Waals surface area contributed by atoms with Crippen molar-refractivity contribution in [3.8, 4) is 11.1 Å². The molecular formula is C23H22FNOS. The van der Waals surface area contributed by atoms with Crippen molar-refractivity contribution in [3.05, 3.63) is 68.6 Å². The maximum absolute atomic E-state index is 14.8. The molecule has 2 heterocycles. The van der Waals surface area contributed by atoms with Gasteiger partial charge in [0.05, 0.1) is 5.52 Å². The number of thiophene rings is 1. The zero-order chi connectivity index (χ0) is 19.3. The molecule has 1 N–H and O–H groups in total. The van der Waals surface area contributed by atoms with Gasteiger partial charge in [-0.15, -0.1) is 11.3 Å². The van der Waals surface area contributed by atoms with Gasteiger partial charge in [-0.3, -0.25) is 4.79 Å². The van der Waals surface area contributed by atoms with Gasteiger partial charge in [0.15, 0.2) is 0 Å². The van der Waals surface area contributed by atoms with Crippen molar-refractivity contribution in [1.29, 1.82) is 0 Å². The fourth-order valence-corrected chi connectivity index (χ4v) is 4.74. The highest BCUT2D eigenvalue weighted by Crippen LogP contribution is 2.38. The summed E-state index contributed by atoms with van der Waals surface area (Å²) >= 11 is 1.44. The van der Waals surface area contributed by atoms with Crippen molar-refractivity contribution >= 4 is 32.3 Å². The van der Waals surface area contributed by atoms with E-state index in [2.05, 4.69) is 18.0 Å². The summed E-state index contributed by atoms with van der Waals surface area (Å²) in [6, 6.07) is 9.60. The molecule has 4 rings (SSSR count). The van der Waals surface area contributed by atoms with Gasteiger partial charge in [0.25, 0.3) is 5.56 Å². The Morgan fingerprint density at radius 1 is 1.15 bits per heavy atom. The lowest BCUT2D eigenvalue weighted by Gasteiger charge is -2.16. The Morgan fingerprint density at radius 3 is 2.63 bits per heavy atom. The van der Waals surface area contributed by atoms with Crippen LogP contribution in [0, 0.1) is 19.7 Å². The predicted molar refractivity (Wildman–Crippen MR) is 114 cm³/mol. The van der Waals surface area contributed by atoms with E-state index in [0.717, 1.165) is 50.5 Å². The third kappa shape index (κ3) is 2.79. The van der Waals surface area contributed by atoms with E-state index in [9.17, 15) is 9.18 Å². The summed E-state index contributed by atoms with van der Waals surface area (Å²) in [7, 11) is 0. The molecule has 0 bridgehead atoms. The number of aryl methyl sites for hydroxylation is 2. The molecule has 0 spiro atoms. The monoisotopic (exact) mass is 379 g/mol. The van der Waals surface area contributed by atoms with E-state index in [1.165, 1.54) is 11.3 Å². The van der Waals surface area contributed by atoms with Gasteiger partial charge in [-0.05, 0) is 71.5 Å². The average Bonchev–Trinajstić information content (AvgIpc) is 3.13. The molecule has 138 valence electrons. The molecular weight excluding hydrogens is 357 g/mol. The molecule has 0 saturated carbocycles. The van der Waals surface area contributed by atoms with E-state index in [4.69, 9.17) is 0 Å². The molecule has 1 atom stereocenters. The topological polar surface area (TPSA) is 32.9 Å². The van der Waals surface area contributed by atoms with Gasteiger partial charge >= 0.3 is 0 Å². The predicted octanol–water partition coefficient (Wildman–Crippen LogP) is 6.68. The Morgan fingerprint density at radius 2 is 1.93 bits per heavy atom. The molecule has 4 heteroatoms. The summed E-state index contributed by atoms with van der Waals surface area (Å²) in [5.41, 5.74) is 5.46. The van der Waals surface area contributed by atoms with Gasteiger partial charge in [0, 0.05) is 10.8 Å².